The summed E-state index contributed by atoms with van der Waals surface area (Å²) in [7, 11) is 0. The van der Waals surface area contributed by atoms with Gasteiger partial charge in [0.25, 0.3) is 0 Å². The van der Waals surface area contributed by atoms with Crippen molar-refractivity contribution in [2.75, 3.05) is 6.61 Å². The standard InChI is InChI=1S/C18H19ClO3/c1-2-3-11-21-18(20)17-10-9-16(12-14(17)13-19)22-15-7-5-4-6-8-15/h4-10,12H,2-3,11,13H2,1H3. The predicted molar refractivity (Wildman–Crippen MR) is 87.7 cm³/mol. The van der Waals surface area contributed by atoms with Crippen LogP contribution in [0.25, 0.3) is 0 Å². The van der Waals surface area contributed by atoms with Crippen LogP contribution in [-0.2, 0) is 10.6 Å². The average Bonchev–Trinajstić information content (AvgIpc) is 2.55. The molecule has 0 spiro atoms. The minimum Gasteiger partial charge on any atom is -0.462 e. The van der Waals surface area contributed by atoms with Crippen LogP contribution in [-0.4, -0.2) is 12.6 Å². The molecule has 0 aliphatic heterocycles. The molecule has 0 heterocycles. The van der Waals surface area contributed by atoms with Crippen LogP contribution in [0.15, 0.2) is 48.5 Å². The Morgan fingerprint density at radius 1 is 1.09 bits per heavy atom. The summed E-state index contributed by atoms with van der Waals surface area (Å²) in [6, 6.07) is 14.7. The third-order valence-electron chi connectivity index (χ3n) is 3.15. The Kier molecular flexibility index (Phi) is 6.28. The van der Waals surface area contributed by atoms with E-state index >= 15 is 0 Å². The number of ether oxygens (including phenoxy) is 2. The summed E-state index contributed by atoms with van der Waals surface area (Å²) < 4.78 is 11.0. The Morgan fingerprint density at radius 3 is 2.55 bits per heavy atom. The number of alkyl halides is 1. The van der Waals surface area contributed by atoms with Gasteiger partial charge >= 0.3 is 5.97 Å². The van der Waals surface area contributed by atoms with E-state index in [1.165, 1.54) is 0 Å². The van der Waals surface area contributed by atoms with Crippen LogP contribution < -0.4 is 4.74 Å². The smallest absolute Gasteiger partial charge is 0.338 e. The highest BCUT2D eigenvalue weighted by atomic mass is 35.5. The molecule has 0 N–H and O–H groups in total. The third kappa shape index (κ3) is 4.50. The lowest BCUT2D eigenvalue weighted by Crippen LogP contribution is -2.09. The van der Waals surface area contributed by atoms with Gasteiger partial charge in [-0.15, -0.1) is 11.6 Å². The van der Waals surface area contributed by atoms with E-state index in [-0.39, 0.29) is 11.8 Å². The van der Waals surface area contributed by atoms with E-state index in [1.54, 1.807) is 18.2 Å². The highest BCUT2D eigenvalue weighted by Crippen LogP contribution is 2.25. The van der Waals surface area contributed by atoms with Crippen LogP contribution in [0.1, 0.15) is 35.7 Å². The molecule has 22 heavy (non-hydrogen) atoms. The van der Waals surface area contributed by atoms with Gasteiger partial charge in [-0.25, -0.2) is 4.79 Å². The molecule has 0 aliphatic rings. The largest absolute Gasteiger partial charge is 0.462 e. The van der Waals surface area contributed by atoms with Crippen molar-refractivity contribution in [3.63, 3.8) is 0 Å². The van der Waals surface area contributed by atoms with Gasteiger partial charge < -0.3 is 9.47 Å². The molecule has 2 aromatic carbocycles. The summed E-state index contributed by atoms with van der Waals surface area (Å²) in [5, 5.41) is 0. The first-order valence-corrected chi connectivity index (χ1v) is 7.87. The molecule has 0 saturated heterocycles. The molecule has 0 radical (unpaired) electrons. The van der Waals surface area contributed by atoms with E-state index in [9.17, 15) is 4.79 Å². The fourth-order valence-electron chi connectivity index (χ4n) is 1.95. The van der Waals surface area contributed by atoms with Crippen molar-refractivity contribution in [1.82, 2.24) is 0 Å². The maximum absolute atomic E-state index is 12.0. The summed E-state index contributed by atoms with van der Waals surface area (Å²) in [5.41, 5.74) is 1.20. The molecule has 0 saturated carbocycles. The summed E-state index contributed by atoms with van der Waals surface area (Å²) in [6.07, 6.45) is 1.84. The van der Waals surface area contributed by atoms with Gasteiger partial charge in [0.2, 0.25) is 0 Å². The third-order valence-corrected chi connectivity index (χ3v) is 3.44. The lowest BCUT2D eigenvalue weighted by molar-refractivity contribution is 0.0499. The first-order valence-electron chi connectivity index (χ1n) is 7.33. The topological polar surface area (TPSA) is 35.5 Å². The Morgan fingerprint density at radius 2 is 1.86 bits per heavy atom. The molecule has 0 bridgehead atoms. The van der Waals surface area contributed by atoms with E-state index < -0.39 is 0 Å². The quantitative estimate of drug-likeness (QED) is 0.401. The van der Waals surface area contributed by atoms with E-state index in [0.717, 1.165) is 18.6 Å². The number of halogens is 1. The van der Waals surface area contributed by atoms with Crippen LogP contribution in [0.4, 0.5) is 0 Å². The number of hydrogen-bond acceptors (Lipinski definition) is 3. The lowest BCUT2D eigenvalue weighted by Gasteiger charge is -2.11. The number of carbonyl (C=O) groups is 1. The zero-order chi connectivity index (χ0) is 15.8. The van der Waals surface area contributed by atoms with Crippen molar-refractivity contribution >= 4 is 17.6 Å². The number of unbranched alkanes of at least 4 members (excludes halogenated alkanes) is 1. The van der Waals surface area contributed by atoms with E-state index in [2.05, 4.69) is 0 Å². The molecular formula is C18H19ClO3. The molecule has 116 valence electrons. The van der Waals surface area contributed by atoms with Crippen molar-refractivity contribution in [2.24, 2.45) is 0 Å². The SMILES string of the molecule is CCCCOC(=O)c1ccc(Oc2ccccc2)cc1CCl. The van der Waals surface area contributed by atoms with Crippen molar-refractivity contribution in [2.45, 2.75) is 25.6 Å². The minimum absolute atomic E-state index is 0.226. The molecule has 0 amide bonds. The zero-order valence-corrected chi connectivity index (χ0v) is 13.3. The normalized spacial score (nSPS) is 10.3. The number of rotatable bonds is 7. The van der Waals surface area contributed by atoms with Gasteiger partial charge in [-0.3, -0.25) is 0 Å². The Balaban J connectivity index is 2.12. The van der Waals surface area contributed by atoms with Crippen molar-refractivity contribution in [3.05, 3.63) is 59.7 Å². The highest BCUT2D eigenvalue weighted by Gasteiger charge is 2.13. The maximum Gasteiger partial charge on any atom is 0.338 e. The molecule has 2 rings (SSSR count). The second-order valence-electron chi connectivity index (χ2n) is 4.86. The van der Waals surface area contributed by atoms with Crippen LogP contribution in [0.2, 0.25) is 0 Å². The molecule has 0 unspecified atom stereocenters. The van der Waals surface area contributed by atoms with Crippen molar-refractivity contribution in [3.8, 4) is 11.5 Å². The van der Waals surface area contributed by atoms with Gasteiger partial charge in [0.1, 0.15) is 11.5 Å². The number of esters is 1. The van der Waals surface area contributed by atoms with Gasteiger partial charge in [-0.1, -0.05) is 31.5 Å². The van der Waals surface area contributed by atoms with Crippen molar-refractivity contribution in [1.29, 1.82) is 0 Å². The Bertz CT molecular complexity index is 611. The molecule has 2 aromatic rings. The Hall–Kier alpha value is -2.00. The molecule has 0 aliphatic carbocycles. The zero-order valence-electron chi connectivity index (χ0n) is 12.5. The van der Waals surface area contributed by atoms with E-state index in [0.29, 0.717) is 23.5 Å². The van der Waals surface area contributed by atoms with E-state index in [4.69, 9.17) is 21.1 Å². The monoisotopic (exact) mass is 318 g/mol. The second-order valence-corrected chi connectivity index (χ2v) is 5.12. The first kappa shape index (κ1) is 16.4. The molecule has 3 nitrogen and oxygen atoms in total. The summed E-state index contributed by atoms with van der Waals surface area (Å²) >= 11 is 5.95. The summed E-state index contributed by atoms with van der Waals surface area (Å²) in [4.78, 5) is 12.0. The second kappa shape index (κ2) is 8.44. The fraction of sp³-hybridized carbons (Fsp3) is 0.278. The lowest BCUT2D eigenvalue weighted by atomic mass is 10.1. The molecule has 0 atom stereocenters. The number of para-hydroxylation sites is 1. The van der Waals surface area contributed by atoms with Crippen LogP contribution >= 0.6 is 11.6 Å². The molecular weight excluding hydrogens is 300 g/mol. The van der Waals surface area contributed by atoms with Crippen LogP contribution in [0.5, 0.6) is 11.5 Å². The Labute approximate surface area is 135 Å². The average molecular weight is 319 g/mol. The molecule has 0 fully saturated rings. The van der Waals surface area contributed by atoms with Gasteiger partial charge in [0.15, 0.2) is 0 Å². The number of carbonyl (C=O) groups excluding carboxylic acids is 1. The predicted octanol–water partition coefficient (Wildman–Crippen LogP) is 5.17. The fourth-order valence-corrected chi connectivity index (χ4v) is 2.18. The van der Waals surface area contributed by atoms with Crippen LogP contribution in [0.3, 0.4) is 0 Å². The molecule has 4 heteroatoms. The van der Waals surface area contributed by atoms with Crippen LogP contribution in [0, 0.1) is 0 Å². The maximum atomic E-state index is 12.0. The minimum atomic E-state index is -0.338. The van der Waals surface area contributed by atoms with Gasteiger partial charge in [0, 0.05) is 5.88 Å². The van der Waals surface area contributed by atoms with Gasteiger partial charge in [-0.05, 0) is 42.3 Å². The van der Waals surface area contributed by atoms with Gasteiger partial charge in [0.05, 0.1) is 12.2 Å². The van der Waals surface area contributed by atoms with Gasteiger partial charge in [-0.2, -0.15) is 0 Å². The highest BCUT2D eigenvalue weighted by molar-refractivity contribution is 6.17. The van der Waals surface area contributed by atoms with E-state index in [1.807, 2.05) is 37.3 Å². The first-order chi connectivity index (χ1) is 10.7. The van der Waals surface area contributed by atoms with Crippen molar-refractivity contribution < 1.29 is 14.3 Å². The number of hydrogen-bond donors (Lipinski definition) is 0. The summed E-state index contributed by atoms with van der Waals surface area (Å²) in [6.45, 7) is 2.48. The number of benzene rings is 2. The summed E-state index contributed by atoms with van der Waals surface area (Å²) in [5.74, 6) is 1.27. The molecule has 0 aromatic heterocycles.